The molecule has 0 saturated heterocycles. The van der Waals surface area contributed by atoms with Crippen LogP contribution in [0.5, 0.6) is 5.75 Å². The monoisotopic (exact) mass is 324 g/mol. The summed E-state index contributed by atoms with van der Waals surface area (Å²) in [5.41, 5.74) is 1.83. The molecule has 1 amide bonds. The van der Waals surface area contributed by atoms with Crippen molar-refractivity contribution in [3.8, 4) is 5.75 Å². The summed E-state index contributed by atoms with van der Waals surface area (Å²) in [5.74, 6) is 0.752. The third-order valence-electron chi connectivity index (χ3n) is 3.93. The second kappa shape index (κ2) is 7.75. The molecule has 5 nitrogen and oxygen atoms in total. The zero-order valence-electron chi connectivity index (χ0n) is 13.6. The van der Waals surface area contributed by atoms with Gasteiger partial charge in [-0.2, -0.15) is 0 Å². The van der Waals surface area contributed by atoms with Gasteiger partial charge >= 0.3 is 0 Å². The number of anilines is 1. The van der Waals surface area contributed by atoms with Crippen molar-refractivity contribution in [2.24, 2.45) is 0 Å². The van der Waals surface area contributed by atoms with Crippen molar-refractivity contribution >= 4 is 11.6 Å². The Hall–Kier alpha value is -2.66. The van der Waals surface area contributed by atoms with Crippen molar-refractivity contribution in [3.05, 3.63) is 66.5 Å². The van der Waals surface area contributed by atoms with Crippen molar-refractivity contribution in [3.63, 3.8) is 0 Å². The Morgan fingerprint density at radius 1 is 1.21 bits per heavy atom. The molecule has 1 aromatic heterocycles. The number of benzene rings is 1. The number of rotatable bonds is 5. The van der Waals surface area contributed by atoms with Crippen LogP contribution in [0.25, 0.3) is 0 Å². The fourth-order valence-electron chi connectivity index (χ4n) is 2.61. The summed E-state index contributed by atoms with van der Waals surface area (Å²) >= 11 is 0. The highest BCUT2D eigenvalue weighted by atomic mass is 16.5. The second-order valence-corrected chi connectivity index (χ2v) is 5.51. The maximum absolute atomic E-state index is 12.9. The number of methoxy groups -OCH3 is 1. The Labute approximate surface area is 141 Å². The van der Waals surface area contributed by atoms with Crippen molar-refractivity contribution < 1.29 is 14.3 Å². The summed E-state index contributed by atoms with van der Waals surface area (Å²) < 4.78 is 10.8. The van der Waals surface area contributed by atoms with E-state index >= 15 is 0 Å². The SMILES string of the molecule is COc1ccc(CN(C(=O)C2CC=CCO2)c2ccncc2)cc1. The molecular formula is C19H20N2O3. The predicted octanol–water partition coefficient (Wildman–Crippen LogP) is 2.97. The molecule has 1 atom stereocenters. The van der Waals surface area contributed by atoms with Gasteiger partial charge in [-0.25, -0.2) is 0 Å². The van der Waals surface area contributed by atoms with Crippen molar-refractivity contribution in [1.29, 1.82) is 0 Å². The molecule has 2 heterocycles. The van der Waals surface area contributed by atoms with Crippen LogP contribution in [0.3, 0.4) is 0 Å². The van der Waals surface area contributed by atoms with E-state index in [1.165, 1.54) is 0 Å². The van der Waals surface area contributed by atoms with Crippen molar-refractivity contribution in [2.45, 2.75) is 19.1 Å². The molecule has 124 valence electrons. The quantitative estimate of drug-likeness (QED) is 0.794. The Bertz CT molecular complexity index is 698. The highest BCUT2D eigenvalue weighted by molar-refractivity contribution is 5.96. The first kappa shape index (κ1) is 16.2. The van der Waals surface area contributed by atoms with E-state index in [2.05, 4.69) is 4.98 Å². The third kappa shape index (κ3) is 3.81. The van der Waals surface area contributed by atoms with Crippen LogP contribution in [0.1, 0.15) is 12.0 Å². The van der Waals surface area contributed by atoms with Gasteiger partial charge in [0.1, 0.15) is 11.9 Å². The minimum absolute atomic E-state index is 0.0404. The average Bonchev–Trinajstić information content (AvgIpc) is 2.67. The number of pyridine rings is 1. The van der Waals surface area contributed by atoms with Gasteiger partial charge < -0.3 is 14.4 Å². The van der Waals surface area contributed by atoms with E-state index in [-0.39, 0.29) is 5.91 Å². The number of carbonyl (C=O) groups excluding carboxylic acids is 1. The van der Waals surface area contributed by atoms with Crippen LogP contribution in [-0.4, -0.2) is 30.7 Å². The van der Waals surface area contributed by atoms with Crippen LogP contribution in [0.4, 0.5) is 5.69 Å². The fraction of sp³-hybridized carbons (Fsp3) is 0.263. The number of hydrogen-bond acceptors (Lipinski definition) is 4. The zero-order valence-corrected chi connectivity index (χ0v) is 13.6. The van der Waals surface area contributed by atoms with E-state index in [9.17, 15) is 4.79 Å². The maximum Gasteiger partial charge on any atom is 0.256 e. The molecule has 5 heteroatoms. The number of carbonyl (C=O) groups is 1. The molecule has 0 spiro atoms. The van der Waals surface area contributed by atoms with E-state index in [1.54, 1.807) is 24.4 Å². The summed E-state index contributed by atoms with van der Waals surface area (Å²) in [4.78, 5) is 18.7. The first-order chi connectivity index (χ1) is 11.8. The van der Waals surface area contributed by atoms with Gasteiger partial charge in [0.25, 0.3) is 5.91 Å². The molecule has 0 radical (unpaired) electrons. The molecule has 0 fully saturated rings. The van der Waals surface area contributed by atoms with Gasteiger partial charge in [0, 0.05) is 24.5 Å². The molecular weight excluding hydrogens is 304 g/mol. The molecule has 1 aliphatic rings. The lowest BCUT2D eigenvalue weighted by Gasteiger charge is -2.28. The zero-order chi connectivity index (χ0) is 16.8. The van der Waals surface area contributed by atoms with E-state index in [4.69, 9.17) is 9.47 Å². The van der Waals surface area contributed by atoms with Gasteiger partial charge in [-0.3, -0.25) is 9.78 Å². The van der Waals surface area contributed by atoms with Crippen LogP contribution in [-0.2, 0) is 16.1 Å². The second-order valence-electron chi connectivity index (χ2n) is 5.51. The van der Waals surface area contributed by atoms with Crippen molar-refractivity contribution in [2.75, 3.05) is 18.6 Å². The van der Waals surface area contributed by atoms with Crippen molar-refractivity contribution in [1.82, 2.24) is 4.98 Å². The third-order valence-corrected chi connectivity index (χ3v) is 3.93. The average molecular weight is 324 g/mol. The molecule has 3 rings (SSSR count). The Morgan fingerprint density at radius 3 is 2.58 bits per heavy atom. The summed E-state index contributed by atoms with van der Waals surface area (Å²) in [6, 6.07) is 11.4. The molecule has 24 heavy (non-hydrogen) atoms. The summed E-state index contributed by atoms with van der Waals surface area (Å²) in [6.45, 7) is 0.944. The van der Waals surface area contributed by atoms with Crippen LogP contribution >= 0.6 is 0 Å². The number of amides is 1. The van der Waals surface area contributed by atoms with Crippen LogP contribution in [0.2, 0.25) is 0 Å². The number of hydrogen-bond donors (Lipinski definition) is 0. The first-order valence-electron chi connectivity index (χ1n) is 7.89. The lowest BCUT2D eigenvalue weighted by Crippen LogP contribution is -2.41. The first-order valence-corrected chi connectivity index (χ1v) is 7.89. The number of aromatic nitrogens is 1. The molecule has 0 saturated carbocycles. The Balaban J connectivity index is 1.84. The minimum Gasteiger partial charge on any atom is -0.497 e. The molecule has 2 aromatic rings. The van der Waals surface area contributed by atoms with Gasteiger partial charge in [0.2, 0.25) is 0 Å². The smallest absolute Gasteiger partial charge is 0.256 e. The number of nitrogens with zero attached hydrogens (tertiary/aromatic N) is 2. The largest absolute Gasteiger partial charge is 0.497 e. The number of ether oxygens (including phenoxy) is 2. The van der Waals surface area contributed by atoms with Crippen LogP contribution < -0.4 is 9.64 Å². The van der Waals surface area contributed by atoms with E-state index in [1.807, 2.05) is 48.6 Å². The molecule has 0 bridgehead atoms. The standard InChI is InChI=1S/C19H20N2O3/c1-23-17-7-5-15(6-8-17)14-21(16-9-11-20-12-10-16)19(22)18-4-2-3-13-24-18/h2-3,5-12,18H,4,13-14H2,1H3. The summed E-state index contributed by atoms with van der Waals surface area (Å²) in [6.07, 6.45) is 7.45. The maximum atomic E-state index is 12.9. The van der Waals surface area contributed by atoms with E-state index in [0.717, 1.165) is 17.0 Å². The van der Waals surface area contributed by atoms with Gasteiger partial charge in [0.05, 0.1) is 20.3 Å². The van der Waals surface area contributed by atoms with Crippen LogP contribution in [0, 0.1) is 0 Å². The van der Waals surface area contributed by atoms with E-state index < -0.39 is 6.10 Å². The van der Waals surface area contributed by atoms with Gasteiger partial charge in [-0.15, -0.1) is 0 Å². The lowest BCUT2D eigenvalue weighted by molar-refractivity contribution is -0.129. The van der Waals surface area contributed by atoms with Crippen LogP contribution in [0.15, 0.2) is 60.9 Å². The van der Waals surface area contributed by atoms with Gasteiger partial charge in [-0.1, -0.05) is 24.3 Å². The summed E-state index contributed by atoms with van der Waals surface area (Å²) in [5, 5.41) is 0. The van der Waals surface area contributed by atoms with Gasteiger partial charge in [-0.05, 0) is 29.8 Å². The Morgan fingerprint density at radius 2 is 1.96 bits per heavy atom. The molecule has 1 unspecified atom stereocenters. The molecule has 0 N–H and O–H groups in total. The molecule has 1 aliphatic heterocycles. The Kier molecular flexibility index (Phi) is 5.23. The summed E-state index contributed by atoms with van der Waals surface area (Å²) in [7, 11) is 1.63. The lowest BCUT2D eigenvalue weighted by atomic mass is 10.1. The topological polar surface area (TPSA) is 51.7 Å². The normalized spacial score (nSPS) is 16.6. The minimum atomic E-state index is -0.443. The van der Waals surface area contributed by atoms with E-state index in [0.29, 0.717) is 19.6 Å². The molecule has 1 aromatic carbocycles. The van der Waals surface area contributed by atoms with Gasteiger partial charge in [0.15, 0.2) is 0 Å². The molecule has 0 aliphatic carbocycles. The predicted molar refractivity (Wildman–Crippen MR) is 91.9 cm³/mol. The highest BCUT2D eigenvalue weighted by Gasteiger charge is 2.26. The fourth-order valence-corrected chi connectivity index (χ4v) is 2.61. The highest BCUT2D eigenvalue weighted by Crippen LogP contribution is 2.21.